The van der Waals surface area contributed by atoms with Crippen LogP contribution in [0.3, 0.4) is 0 Å². The van der Waals surface area contributed by atoms with Crippen molar-refractivity contribution in [3.8, 4) is 0 Å². The molecule has 0 spiro atoms. The second-order valence-corrected chi connectivity index (χ2v) is 4.94. The summed E-state index contributed by atoms with van der Waals surface area (Å²) in [5.41, 5.74) is 1.05. The zero-order chi connectivity index (χ0) is 14.8. The second kappa shape index (κ2) is 5.42. The molecule has 0 atom stereocenters. The number of anilines is 2. The first-order chi connectivity index (χ1) is 10.1. The molecule has 4 nitrogen and oxygen atoms in total. The number of hydrogen-bond acceptors (Lipinski definition) is 3. The molecule has 0 aliphatic rings. The molecule has 0 aliphatic carbocycles. The topological polar surface area (TPSA) is 62.2 Å². The van der Waals surface area contributed by atoms with Crippen LogP contribution in [-0.2, 0) is 0 Å². The average molecular weight is 299 g/mol. The number of rotatable bonds is 3. The SMILES string of the molecule is O=C(O)c1cccc2c(Nc3cccc(Cl)c3)nccc12. The van der Waals surface area contributed by atoms with Crippen molar-refractivity contribution in [1.29, 1.82) is 0 Å². The minimum Gasteiger partial charge on any atom is -0.478 e. The highest BCUT2D eigenvalue weighted by molar-refractivity contribution is 6.30. The summed E-state index contributed by atoms with van der Waals surface area (Å²) in [6.07, 6.45) is 1.58. The molecule has 104 valence electrons. The van der Waals surface area contributed by atoms with Gasteiger partial charge in [0.05, 0.1) is 5.56 Å². The number of halogens is 1. The van der Waals surface area contributed by atoms with Crippen LogP contribution in [0.25, 0.3) is 10.8 Å². The fourth-order valence-corrected chi connectivity index (χ4v) is 2.39. The zero-order valence-corrected chi connectivity index (χ0v) is 11.6. The lowest BCUT2D eigenvalue weighted by molar-refractivity contribution is 0.0699. The fourth-order valence-electron chi connectivity index (χ4n) is 2.20. The Bertz CT molecular complexity index is 833. The van der Waals surface area contributed by atoms with Gasteiger partial charge in [0.2, 0.25) is 0 Å². The summed E-state index contributed by atoms with van der Waals surface area (Å²) in [4.78, 5) is 15.6. The molecule has 1 heterocycles. The standard InChI is InChI=1S/C16H11ClN2O2/c17-10-3-1-4-11(9-10)19-15-13-5-2-6-14(16(20)21)12(13)7-8-18-15/h1-9H,(H,18,19)(H,20,21). The van der Waals surface area contributed by atoms with E-state index in [1.807, 2.05) is 18.2 Å². The lowest BCUT2D eigenvalue weighted by atomic mass is 10.1. The average Bonchev–Trinajstić information content (AvgIpc) is 2.47. The molecule has 0 saturated carbocycles. The predicted molar refractivity (Wildman–Crippen MR) is 83.4 cm³/mol. The maximum Gasteiger partial charge on any atom is 0.336 e. The number of hydrogen-bond donors (Lipinski definition) is 2. The smallest absolute Gasteiger partial charge is 0.336 e. The number of carboxylic acid groups (broad SMARTS) is 1. The first-order valence-electron chi connectivity index (χ1n) is 6.29. The van der Waals surface area contributed by atoms with Crippen molar-refractivity contribution in [2.24, 2.45) is 0 Å². The third kappa shape index (κ3) is 2.66. The molecule has 0 unspecified atom stereocenters. The molecule has 3 rings (SSSR count). The van der Waals surface area contributed by atoms with E-state index in [9.17, 15) is 9.90 Å². The quantitative estimate of drug-likeness (QED) is 0.755. The van der Waals surface area contributed by atoms with Gasteiger partial charge in [-0.25, -0.2) is 9.78 Å². The van der Waals surface area contributed by atoms with Gasteiger partial charge in [-0.1, -0.05) is 29.8 Å². The summed E-state index contributed by atoms with van der Waals surface area (Å²) < 4.78 is 0. The molecule has 0 saturated heterocycles. The van der Waals surface area contributed by atoms with Crippen LogP contribution >= 0.6 is 11.6 Å². The Morgan fingerprint density at radius 2 is 1.90 bits per heavy atom. The monoisotopic (exact) mass is 298 g/mol. The van der Waals surface area contributed by atoms with Crippen LogP contribution in [-0.4, -0.2) is 16.1 Å². The molecule has 0 fully saturated rings. The molecule has 0 amide bonds. The van der Waals surface area contributed by atoms with E-state index >= 15 is 0 Å². The van der Waals surface area contributed by atoms with Gasteiger partial charge in [-0.2, -0.15) is 0 Å². The normalized spacial score (nSPS) is 10.5. The Morgan fingerprint density at radius 1 is 1.10 bits per heavy atom. The zero-order valence-electron chi connectivity index (χ0n) is 10.9. The first kappa shape index (κ1) is 13.4. The van der Waals surface area contributed by atoms with Gasteiger partial charge in [-0.3, -0.25) is 0 Å². The van der Waals surface area contributed by atoms with E-state index in [0.29, 0.717) is 16.2 Å². The van der Waals surface area contributed by atoms with Crippen LogP contribution < -0.4 is 5.32 Å². The minimum atomic E-state index is -0.958. The van der Waals surface area contributed by atoms with Crippen molar-refractivity contribution in [2.45, 2.75) is 0 Å². The molecular weight excluding hydrogens is 288 g/mol. The lowest BCUT2D eigenvalue weighted by Gasteiger charge is -2.10. The first-order valence-corrected chi connectivity index (χ1v) is 6.66. The van der Waals surface area contributed by atoms with Crippen LogP contribution in [0.15, 0.2) is 54.7 Å². The number of fused-ring (bicyclic) bond motifs is 1. The van der Waals surface area contributed by atoms with Crippen LogP contribution in [0.1, 0.15) is 10.4 Å². The van der Waals surface area contributed by atoms with E-state index in [2.05, 4.69) is 10.3 Å². The molecule has 1 aromatic heterocycles. The summed E-state index contributed by atoms with van der Waals surface area (Å²) in [6.45, 7) is 0. The summed E-state index contributed by atoms with van der Waals surface area (Å²) in [5.74, 6) is -0.363. The van der Waals surface area contributed by atoms with Gasteiger partial charge < -0.3 is 10.4 Å². The molecular formula is C16H11ClN2O2. The van der Waals surface area contributed by atoms with Gasteiger partial charge in [0.15, 0.2) is 0 Å². The predicted octanol–water partition coefficient (Wildman–Crippen LogP) is 4.33. The Morgan fingerprint density at radius 3 is 2.67 bits per heavy atom. The highest BCUT2D eigenvalue weighted by atomic mass is 35.5. The highest BCUT2D eigenvalue weighted by Gasteiger charge is 2.11. The second-order valence-electron chi connectivity index (χ2n) is 4.50. The third-order valence-corrected chi connectivity index (χ3v) is 3.36. The van der Waals surface area contributed by atoms with Crippen molar-refractivity contribution in [1.82, 2.24) is 4.98 Å². The Balaban J connectivity index is 2.11. The third-order valence-electron chi connectivity index (χ3n) is 3.12. The van der Waals surface area contributed by atoms with Gasteiger partial charge in [0.1, 0.15) is 5.82 Å². The van der Waals surface area contributed by atoms with E-state index in [-0.39, 0.29) is 5.56 Å². The van der Waals surface area contributed by atoms with Crippen molar-refractivity contribution in [3.05, 3.63) is 65.3 Å². The van der Waals surface area contributed by atoms with E-state index < -0.39 is 5.97 Å². The van der Waals surface area contributed by atoms with E-state index in [4.69, 9.17) is 11.6 Å². The molecule has 0 aliphatic heterocycles. The Labute approximate surface area is 126 Å². The van der Waals surface area contributed by atoms with Gasteiger partial charge in [0.25, 0.3) is 0 Å². The van der Waals surface area contributed by atoms with Crippen molar-refractivity contribution < 1.29 is 9.90 Å². The molecule has 3 aromatic rings. The largest absolute Gasteiger partial charge is 0.478 e. The number of carbonyl (C=O) groups is 1. The van der Waals surface area contributed by atoms with Crippen LogP contribution in [0.4, 0.5) is 11.5 Å². The fraction of sp³-hybridized carbons (Fsp3) is 0. The highest BCUT2D eigenvalue weighted by Crippen LogP contribution is 2.27. The summed E-state index contributed by atoms with van der Waals surface area (Å²) in [7, 11) is 0. The van der Waals surface area contributed by atoms with E-state index in [1.54, 1.807) is 36.5 Å². The summed E-state index contributed by atoms with van der Waals surface area (Å²) >= 11 is 5.96. The molecule has 21 heavy (non-hydrogen) atoms. The van der Waals surface area contributed by atoms with Crippen molar-refractivity contribution >= 4 is 39.8 Å². The lowest BCUT2D eigenvalue weighted by Crippen LogP contribution is -2.00. The summed E-state index contributed by atoms with van der Waals surface area (Å²) in [5, 5.41) is 14.4. The van der Waals surface area contributed by atoms with Gasteiger partial charge in [-0.15, -0.1) is 0 Å². The maximum atomic E-state index is 11.3. The Hall–Kier alpha value is -2.59. The number of benzene rings is 2. The van der Waals surface area contributed by atoms with E-state index in [0.717, 1.165) is 11.1 Å². The van der Waals surface area contributed by atoms with Gasteiger partial charge in [0, 0.05) is 27.7 Å². The van der Waals surface area contributed by atoms with Crippen molar-refractivity contribution in [2.75, 3.05) is 5.32 Å². The number of aromatic nitrogens is 1. The van der Waals surface area contributed by atoms with Gasteiger partial charge >= 0.3 is 5.97 Å². The van der Waals surface area contributed by atoms with Crippen LogP contribution in [0.5, 0.6) is 0 Å². The number of pyridine rings is 1. The number of carboxylic acids is 1. The van der Waals surface area contributed by atoms with E-state index in [1.165, 1.54) is 0 Å². The number of nitrogens with one attached hydrogen (secondary N) is 1. The Kier molecular flexibility index (Phi) is 3.46. The maximum absolute atomic E-state index is 11.3. The van der Waals surface area contributed by atoms with Crippen LogP contribution in [0, 0.1) is 0 Å². The van der Waals surface area contributed by atoms with Crippen LogP contribution in [0.2, 0.25) is 5.02 Å². The summed E-state index contributed by atoms with van der Waals surface area (Å²) in [6, 6.07) is 14.1. The van der Waals surface area contributed by atoms with Gasteiger partial charge in [-0.05, 0) is 30.3 Å². The molecule has 2 aromatic carbocycles. The molecule has 2 N–H and O–H groups in total. The molecule has 0 bridgehead atoms. The minimum absolute atomic E-state index is 0.254. The molecule has 0 radical (unpaired) electrons. The number of nitrogens with zero attached hydrogens (tertiary/aromatic N) is 1. The van der Waals surface area contributed by atoms with Crippen molar-refractivity contribution in [3.63, 3.8) is 0 Å². The number of aromatic carboxylic acids is 1. The molecule has 5 heteroatoms.